The second-order valence-electron chi connectivity index (χ2n) is 5.63. The van der Waals surface area contributed by atoms with Gasteiger partial charge < -0.3 is 5.11 Å². The highest BCUT2D eigenvalue weighted by Crippen LogP contribution is 2.35. The summed E-state index contributed by atoms with van der Waals surface area (Å²) in [7, 11) is 0. The Labute approximate surface area is 127 Å². The van der Waals surface area contributed by atoms with Crippen molar-refractivity contribution in [3.8, 4) is 0 Å². The first kappa shape index (κ1) is 14.4. The van der Waals surface area contributed by atoms with Crippen molar-refractivity contribution in [2.45, 2.75) is 32.2 Å². The van der Waals surface area contributed by atoms with Crippen molar-refractivity contribution in [2.75, 3.05) is 4.90 Å². The fourth-order valence-corrected chi connectivity index (χ4v) is 2.93. The average Bonchev–Trinajstić information content (AvgIpc) is 2.80. The van der Waals surface area contributed by atoms with Gasteiger partial charge >= 0.3 is 5.95 Å². The van der Waals surface area contributed by atoms with E-state index >= 15 is 0 Å². The molecule has 2 aromatic rings. The van der Waals surface area contributed by atoms with E-state index in [1.807, 2.05) is 35.6 Å². The van der Waals surface area contributed by atoms with Crippen LogP contribution in [0.5, 0.6) is 0 Å². The van der Waals surface area contributed by atoms with Gasteiger partial charge in [0.2, 0.25) is 5.72 Å². The number of benzene rings is 1. The van der Waals surface area contributed by atoms with Crippen molar-refractivity contribution in [3.05, 3.63) is 58.4 Å². The molecule has 1 aromatic carbocycles. The molecule has 2 heterocycles. The fourth-order valence-electron chi connectivity index (χ4n) is 2.93. The molecule has 7 heteroatoms. The molecule has 3 rings (SSSR count). The third kappa shape index (κ3) is 2.10. The van der Waals surface area contributed by atoms with Crippen LogP contribution in [0.25, 0.3) is 0 Å². The van der Waals surface area contributed by atoms with Gasteiger partial charge in [-0.1, -0.05) is 4.98 Å². The molecule has 1 aliphatic rings. The number of aliphatic hydroxyl groups is 1. The van der Waals surface area contributed by atoms with E-state index in [1.165, 1.54) is 12.1 Å². The number of nitrogens with zero attached hydrogens (tertiary/aromatic N) is 4. The third-order valence-corrected chi connectivity index (χ3v) is 3.86. The van der Waals surface area contributed by atoms with E-state index in [0.29, 0.717) is 18.1 Å². The first-order valence-corrected chi connectivity index (χ1v) is 7.04. The van der Waals surface area contributed by atoms with Crippen molar-refractivity contribution >= 4 is 11.6 Å². The van der Waals surface area contributed by atoms with Gasteiger partial charge in [0.05, 0.1) is 17.2 Å². The number of rotatable bonds is 3. The summed E-state index contributed by atoms with van der Waals surface area (Å²) in [5.41, 5.74) is -0.660. The summed E-state index contributed by atoms with van der Waals surface area (Å²) in [5, 5.41) is 22.0. The van der Waals surface area contributed by atoms with E-state index in [0.717, 1.165) is 0 Å². The average molecular weight is 301 g/mol. The molecule has 1 aromatic heterocycles. The van der Waals surface area contributed by atoms with Crippen molar-refractivity contribution in [2.24, 2.45) is 0 Å². The second-order valence-corrected chi connectivity index (χ2v) is 5.63. The van der Waals surface area contributed by atoms with E-state index in [1.54, 1.807) is 18.3 Å². The van der Waals surface area contributed by atoms with Crippen LogP contribution in [-0.4, -0.2) is 21.1 Å². The maximum absolute atomic E-state index is 11.2. The third-order valence-electron chi connectivity index (χ3n) is 3.86. The zero-order valence-corrected chi connectivity index (χ0v) is 12.4. The van der Waals surface area contributed by atoms with Gasteiger partial charge in [0.15, 0.2) is 0 Å². The lowest BCUT2D eigenvalue weighted by Crippen LogP contribution is -2.48. The normalized spacial score (nSPS) is 20.3. The van der Waals surface area contributed by atoms with Crippen LogP contribution in [0.3, 0.4) is 0 Å². The Morgan fingerprint density at radius 2 is 2.09 bits per heavy atom. The standard InChI is InChI=1S/C15H17N4O3/c1-11(2)18-14-16-8-3-9-17(14)10-15(18,20)12-4-6-13(7-5-12)19(21)22/h3-9,11,20H,10H2,1-2H3/q+1. The number of nitro benzene ring substituents is 1. The second kappa shape index (κ2) is 5.03. The highest BCUT2D eigenvalue weighted by atomic mass is 16.6. The predicted molar refractivity (Wildman–Crippen MR) is 79.0 cm³/mol. The summed E-state index contributed by atoms with van der Waals surface area (Å²) in [6, 6.07) is 7.84. The Bertz CT molecular complexity index is 717. The fraction of sp³-hybridized carbons (Fsp3) is 0.333. The number of anilines is 1. The Balaban J connectivity index is 2.07. The highest BCUT2D eigenvalue weighted by molar-refractivity contribution is 5.42. The number of aromatic nitrogens is 2. The van der Waals surface area contributed by atoms with Gasteiger partial charge in [-0.3, -0.25) is 10.1 Å². The molecule has 1 unspecified atom stereocenters. The van der Waals surface area contributed by atoms with Crippen LogP contribution in [0, 0.1) is 10.1 Å². The molecule has 0 aliphatic carbocycles. The summed E-state index contributed by atoms with van der Waals surface area (Å²) in [4.78, 5) is 16.5. The summed E-state index contributed by atoms with van der Waals surface area (Å²) in [6.45, 7) is 4.27. The Kier molecular flexibility index (Phi) is 3.29. The molecule has 0 saturated carbocycles. The van der Waals surface area contributed by atoms with E-state index < -0.39 is 10.6 Å². The van der Waals surface area contributed by atoms with Gasteiger partial charge in [0.1, 0.15) is 12.7 Å². The molecule has 0 fully saturated rings. The van der Waals surface area contributed by atoms with E-state index in [2.05, 4.69) is 4.98 Å². The Hall–Kier alpha value is -2.54. The minimum Gasteiger partial charge on any atom is -0.353 e. The van der Waals surface area contributed by atoms with Crippen molar-refractivity contribution in [1.29, 1.82) is 0 Å². The van der Waals surface area contributed by atoms with Crippen LogP contribution in [0.1, 0.15) is 19.4 Å². The molecular weight excluding hydrogens is 284 g/mol. The SMILES string of the molecule is CC(C)N1c2nccc[n+]2CC1(O)c1ccc([N+](=O)[O-])cc1. The molecule has 22 heavy (non-hydrogen) atoms. The molecule has 0 amide bonds. The van der Waals surface area contributed by atoms with E-state index in [9.17, 15) is 15.2 Å². The number of fused-ring (bicyclic) bond motifs is 1. The number of hydrogen-bond donors (Lipinski definition) is 1. The Morgan fingerprint density at radius 3 is 2.68 bits per heavy atom. The van der Waals surface area contributed by atoms with Crippen LogP contribution in [-0.2, 0) is 12.3 Å². The summed E-state index contributed by atoms with van der Waals surface area (Å²) in [6.07, 6.45) is 3.55. The first-order valence-electron chi connectivity index (χ1n) is 7.04. The minimum absolute atomic E-state index is 0.00439. The van der Waals surface area contributed by atoms with Crippen LogP contribution in [0.2, 0.25) is 0 Å². The zero-order chi connectivity index (χ0) is 15.9. The van der Waals surface area contributed by atoms with Crippen molar-refractivity contribution < 1.29 is 14.6 Å². The molecule has 0 saturated heterocycles. The topological polar surface area (TPSA) is 83.4 Å². The van der Waals surface area contributed by atoms with Gasteiger partial charge in [-0.25, -0.2) is 9.47 Å². The smallest absolute Gasteiger partial charge is 0.353 e. The molecule has 7 nitrogen and oxygen atoms in total. The largest absolute Gasteiger partial charge is 0.397 e. The summed E-state index contributed by atoms with van der Waals surface area (Å²) in [5.74, 6) is 0.679. The molecule has 1 aliphatic heterocycles. The van der Waals surface area contributed by atoms with Crippen LogP contribution in [0.4, 0.5) is 11.6 Å². The first-order chi connectivity index (χ1) is 10.4. The maximum atomic E-state index is 11.2. The minimum atomic E-state index is -1.27. The van der Waals surface area contributed by atoms with Gasteiger partial charge in [-0.05, 0) is 26.0 Å². The molecule has 1 atom stereocenters. The lowest BCUT2D eigenvalue weighted by molar-refractivity contribution is -0.685. The van der Waals surface area contributed by atoms with Gasteiger partial charge in [0, 0.05) is 23.8 Å². The van der Waals surface area contributed by atoms with Gasteiger partial charge in [-0.15, -0.1) is 0 Å². The Morgan fingerprint density at radius 1 is 1.41 bits per heavy atom. The molecule has 0 bridgehead atoms. The van der Waals surface area contributed by atoms with Crippen LogP contribution < -0.4 is 9.47 Å². The monoisotopic (exact) mass is 301 g/mol. The predicted octanol–water partition coefficient (Wildman–Crippen LogP) is 1.35. The molecule has 0 radical (unpaired) electrons. The molecule has 1 N–H and O–H groups in total. The number of non-ortho nitro benzene ring substituents is 1. The van der Waals surface area contributed by atoms with Crippen molar-refractivity contribution in [1.82, 2.24) is 4.98 Å². The van der Waals surface area contributed by atoms with Gasteiger partial charge in [-0.2, -0.15) is 0 Å². The van der Waals surface area contributed by atoms with E-state index in [4.69, 9.17) is 0 Å². The van der Waals surface area contributed by atoms with Crippen molar-refractivity contribution in [3.63, 3.8) is 0 Å². The quantitative estimate of drug-likeness (QED) is 0.525. The van der Waals surface area contributed by atoms with Gasteiger partial charge in [0.25, 0.3) is 5.69 Å². The van der Waals surface area contributed by atoms with Crippen LogP contribution >= 0.6 is 0 Å². The van der Waals surface area contributed by atoms with Crippen LogP contribution in [0.15, 0.2) is 42.7 Å². The van der Waals surface area contributed by atoms with E-state index in [-0.39, 0.29) is 11.7 Å². The summed E-state index contributed by atoms with van der Waals surface area (Å²) < 4.78 is 1.88. The zero-order valence-electron chi connectivity index (χ0n) is 12.4. The lowest BCUT2D eigenvalue weighted by Gasteiger charge is -2.31. The maximum Gasteiger partial charge on any atom is 0.397 e. The highest BCUT2D eigenvalue weighted by Gasteiger charge is 2.52. The molecule has 114 valence electrons. The lowest BCUT2D eigenvalue weighted by atomic mass is 10.0. The number of nitro groups is 1. The number of hydrogen-bond acceptors (Lipinski definition) is 5. The molecule has 0 spiro atoms. The summed E-state index contributed by atoms with van der Waals surface area (Å²) >= 11 is 0. The molecular formula is C15H17N4O3+.